The van der Waals surface area contributed by atoms with Crippen LogP contribution in [-0.4, -0.2) is 77.7 Å². The van der Waals surface area contributed by atoms with Crippen LogP contribution in [0.2, 0.25) is 25.7 Å². The van der Waals surface area contributed by atoms with Crippen LogP contribution >= 0.6 is 0 Å². The molecule has 2 saturated heterocycles. The SMILES string of the molecule is C[C@@H]1[C@H](Oc2ncnc3c2c(C2CCOCC2)cn3COCC[Si](C)(C)C)CCN1C(=O)OC(C)(C)C. The van der Waals surface area contributed by atoms with E-state index in [-0.39, 0.29) is 18.2 Å². The fraction of sp³-hybridized carbons (Fsp3) is 0.741. The molecule has 2 atom stereocenters. The molecule has 2 aromatic rings. The fourth-order valence-electron chi connectivity index (χ4n) is 4.96. The lowest BCUT2D eigenvalue weighted by atomic mass is 9.92. The molecular formula is C27H44N4O5Si. The van der Waals surface area contributed by atoms with Gasteiger partial charge in [0.2, 0.25) is 5.88 Å². The summed E-state index contributed by atoms with van der Waals surface area (Å²) in [4.78, 5) is 23.7. The molecule has 4 rings (SSSR count). The summed E-state index contributed by atoms with van der Waals surface area (Å²) in [6.07, 6.45) is 5.88. The highest BCUT2D eigenvalue weighted by atomic mass is 28.3. The molecule has 0 bridgehead atoms. The number of hydrogen-bond donors (Lipinski definition) is 0. The third-order valence-corrected chi connectivity index (χ3v) is 8.82. The molecule has 4 heterocycles. The van der Waals surface area contributed by atoms with Crippen LogP contribution in [0.25, 0.3) is 11.0 Å². The highest BCUT2D eigenvalue weighted by Gasteiger charge is 2.38. The minimum absolute atomic E-state index is 0.127. The highest BCUT2D eigenvalue weighted by molar-refractivity contribution is 6.76. The van der Waals surface area contributed by atoms with Crippen LogP contribution in [0.4, 0.5) is 4.79 Å². The lowest BCUT2D eigenvalue weighted by Crippen LogP contribution is -2.42. The normalized spacial score (nSPS) is 21.5. The average molecular weight is 533 g/mol. The zero-order valence-corrected chi connectivity index (χ0v) is 24.6. The lowest BCUT2D eigenvalue weighted by Gasteiger charge is -2.28. The van der Waals surface area contributed by atoms with E-state index in [1.807, 2.05) is 27.7 Å². The van der Waals surface area contributed by atoms with Gasteiger partial charge in [-0.05, 0) is 58.1 Å². The molecule has 0 radical (unpaired) electrons. The van der Waals surface area contributed by atoms with Crippen LogP contribution in [0.5, 0.6) is 5.88 Å². The molecule has 37 heavy (non-hydrogen) atoms. The van der Waals surface area contributed by atoms with E-state index in [1.165, 1.54) is 5.56 Å². The van der Waals surface area contributed by atoms with Gasteiger partial charge in [-0.15, -0.1) is 0 Å². The number of ether oxygens (including phenoxy) is 4. The number of likely N-dealkylation sites (tertiary alicyclic amines) is 1. The van der Waals surface area contributed by atoms with Gasteiger partial charge in [0.15, 0.2) is 0 Å². The van der Waals surface area contributed by atoms with E-state index >= 15 is 0 Å². The Hall–Kier alpha value is -2.17. The second-order valence-electron chi connectivity index (χ2n) is 12.5. The topological polar surface area (TPSA) is 87.9 Å². The standard InChI is InChI=1S/C27H44N4O5Si/c1-19-22(8-11-31(19)26(32)36-27(2,3)4)35-25-23-21(20-9-12-33-13-10-20)16-30(24(23)28-17-29-25)18-34-14-15-37(5,6)7/h16-17,19-20,22H,8-15,18H2,1-7H3/t19-,22-/m1/s1. The fourth-order valence-corrected chi connectivity index (χ4v) is 5.72. The zero-order chi connectivity index (χ0) is 26.8. The van der Waals surface area contributed by atoms with Crippen molar-refractivity contribution in [3.8, 4) is 5.88 Å². The van der Waals surface area contributed by atoms with E-state index in [0.717, 1.165) is 56.2 Å². The zero-order valence-electron chi connectivity index (χ0n) is 23.6. The Morgan fingerprint density at radius 2 is 1.89 bits per heavy atom. The number of carbonyl (C=O) groups excluding carboxylic acids is 1. The van der Waals surface area contributed by atoms with Crippen molar-refractivity contribution < 1.29 is 23.7 Å². The molecule has 2 fully saturated rings. The monoisotopic (exact) mass is 532 g/mol. The molecular weight excluding hydrogens is 488 g/mol. The minimum Gasteiger partial charge on any atom is -0.472 e. The van der Waals surface area contributed by atoms with Crippen molar-refractivity contribution in [1.82, 2.24) is 19.4 Å². The number of fused-ring (bicyclic) bond motifs is 1. The smallest absolute Gasteiger partial charge is 0.410 e. The van der Waals surface area contributed by atoms with Gasteiger partial charge in [0.25, 0.3) is 0 Å². The first-order valence-electron chi connectivity index (χ1n) is 13.6. The minimum atomic E-state index is -1.17. The van der Waals surface area contributed by atoms with Gasteiger partial charge >= 0.3 is 6.09 Å². The first-order chi connectivity index (χ1) is 17.4. The van der Waals surface area contributed by atoms with Gasteiger partial charge in [0.1, 0.15) is 30.4 Å². The Kier molecular flexibility index (Phi) is 8.50. The van der Waals surface area contributed by atoms with E-state index in [9.17, 15) is 4.79 Å². The molecule has 0 unspecified atom stereocenters. The van der Waals surface area contributed by atoms with Gasteiger partial charge in [-0.3, -0.25) is 0 Å². The predicted molar refractivity (Wildman–Crippen MR) is 146 cm³/mol. The van der Waals surface area contributed by atoms with Crippen molar-refractivity contribution in [2.45, 2.75) is 103 Å². The lowest BCUT2D eigenvalue weighted by molar-refractivity contribution is 0.0191. The van der Waals surface area contributed by atoms with Crippen LogP contribution in [0.15, 0.2) is 12.5 Å². The Morgan fingerprint density at radius 1 is 1.16 bits per heavy atom. The van der Waals surface area contributed by atoms with Crippen molar-refractivity contribution in [1.29, 1.82) is 0 Å². The van der Waals surface area contributed by atoms with E-state index in [4.69, 9.17) is 18.9 Å². The summed E-state index contributed by atoms with van der Waals surface area (Å²) in [6.45, 7) is 18.0. The van der Waals surface area contributed by atoms with Crippen LogP contribution in [-0.2, 0) is 20.9 Å². The van der Waals surface area contributed by atoms with E-state index in [1.54, 1.807) is 11.2 Å². The first kappa shape index (κ1) is 27.9. The second kappa shape index (κ2) is 11.3. The number of aromatic nitrogens is 3. The van der Waals surface area contributed by atoms with Crippen molar-refractivity contribution in [2.24, 2.45) is 0 Å². The van der Waals surface area contributed by atoms with Crippen LogP contribution in [0.1, 0.15) is 58.4 Å². The number of nitrogens with zero attached hydrogens (tertiary/aromatic N) is 4. The van der Waals surface area contributed by atoms with Gasteiger partial charge in [0, 0.05) is 47.1 Å². The summed E-state index contributed by atoms with van der Waals surface area (Å²) < 4.78 is 26.0. The summed E-state index contributed by atoms with van der Waals surface area (Å²) in [5, 5.41) is 0.950. The van der Waals surface area contributed by atoms with E-state index < -0.39 is 13.7 Å². The second-order valence-corrected chi connectivity index (χ2v) is 18.1. The summed E-state index contributed by atoms with van der Waals surface area (Å²) in [5.74, 6) is 0.933. The van der Waals surface area contributed by atoms with Gasteiger partial charge < -0.3 is 28.4 Å². The van der Waals surface area contributed by atoms with Crippen molar-refractivity contribution in [3.05, 3.63) is 18.1 Å². The molecule has 206 valence electrons. The molecule has 2 aliphatic rings. The van der Waals surface area contributed by atoms with Crippen LogP contribution in [0.3, 0.4) is 0 Å². The van der Waals surface area contributed by atoms with Gasteiger partial charge in [-0.25, -0.2) is 14.8 Å². The summed E-state index contributed by atoms with van der Waals surface area (Å²) >= 11 is 0. The number of rotatable bonds is 8. The largest absolute Gasteiger partial charge is 0.472 e. The van der Waals surface area contributed by atoms with Gasteiger partial charge in [-0.1, -0.05) is 19.6 Å². The number of hydrogen-bond acceptors (Lipinski definition) is 7. The maximum absolute atomic E-state index is 12.7. The maximum atomic E-state index is 12.7. The summed E-state index contributed by atoms with van der Waals surface area (Å²) in [7, 11) is -1.17. The van der Waals surface area contributed by atoms with Gasteiger partial charge in [-0.2, -0.15) is 0 Å². The van der Waals surface area contributed by atoms with Crippen LogP contribution < -0.4 is 4.74 Å². The van der Waals surface area contributed by atoms with Crippen molar-refractivity contribution in [2.75, 3.05) is 26.4 Å². The summed E-state index contributed by atoms with van der Waals surface area (Å²) in [6, 6.07) is 0.995. The van der Waals surface area contributed by atoms with E-state index in [2.05, 4.69) is 40.4 Å². The molecule has 9 nitrogen and oxygen atoms in total. The molecule has 0 aromatic carbocycles. The molecule has 0 N–H and O–H groups in total. The quantitative estimate of drug-likeness (QED) is 0.332. The third kappa shape index (κ3) is 7.03. The highest BCUT2D eigenvalue weighted by Crippen LogP contribution is 2.38. The Labute approximate surface area is 221 Å². The molecule has 10 heteroatoms. The molecule has 2 aliphatic heterocycles. The van der Waals surface area contributed by atoms with Crippen LogP contribution in [0, 0.1) is 0 Å². The predicted octanol–water partition coefficient (Wildman–Crippen LogP) is 5.41. The van der Waals surface area contributed by atoms with Crippen molar-refractivity contribution >= 4 is 25.2 Å². The molecule has 2 aromatic heterocycles. The number of amides is 1. The number of carbonyl (C=O) groups is 1. The average Bonchev–Trinajstić information content (AvgIpc) is 3.37. The molecule has 0 spiro atoms. The maximum Gasteiger partial charge on any atom is 0.410 e. The Bertz CT molecular complexity index is 1070. The summed E-state index contributed by atoms with van der Waals surface area (Å²) in [5.41, 5.74) is 1.49. The Morgan fingerprint density at radius 3 is 2.57 bits per heavy atom. The van der Waals surface area contributed by atoms with Gasteiger partial charge in [0.05, 0.1) is 11.4 Å². The third-order valence-electron chi connectivity index (χ3n) is 7.11. The Balaban J connectivity index is 1.57. The first-order valence-corrected chi connectivity index (χ1v) is 17.3. The molecule has 0 saturated carbocycles. The molecule has 0 aliphatic carbocycles. The molecule has 1 amide bonds. The van der Waals surface area contributed by atoms with Crippen molar-refractivity contribution in [3.63, 3.8) is 0 Å². The van der Waals surface area contributed by atoms with E-state index in [0.29, 0.717) is 25.1 Å².